The highest BCUT2D eigenvalue weighted by Gasteiger charge is 2.21. The number of hydrogen-bond donors (Lipinski definition) is 4. The van der Waals surface area contributed by atoms with Crippen molar-refractivity contribution in [3.63, 3.8) is 0 Å². The first-order valence-electron chi connectivity index (χ1n) is 10.5. The Labute approximate surface area is 188 Å². The second kappa shape index (κ2) is 10.8. The molecule has 3 aromatic rings. The zero-order valence-corrected chi connectivity index (χ0v) is 18.2. The lowest BCUT2D eigenvalue weighted by Crippen LogP contribution is -2.37. The fourth-order valence-corrected chi connectivity index (χ4v) is 3.13. The number of nitrogen functional groups attached to an aromatic ring is 1. The summed E-state index contributed by atoms with van der Waals surface area (Å²) in [4.78, 5) is 25.0. The number of benzene rings is 3. The lowest BCUT2D eigenvalue weighted by atomic mass is 10.0. The molecule has 0 spiro atoms. The van der Waals surface area contributed by atoms with Crippen molar-refractivity contribution in [1.29, 1.82) is 0 Å². The van der Waals surface area contributed by atoms with Crippen LogP contribution in [-0.4, -0.2) is 17.9 Å². The summed E-state index contributed by atoms with van der Waals surface area (Å²) < 4.78 is 0. The average molecular weight is 429 g/mol. The Balaban J connectivity index is 1.71. The third kappa shape index (κ3) is 6.47. The van der Waals surface area contributed by atoms with E-state index in [0.717, 1.165) is 16.8 Å². The quantitative estimate of drug-likeness (QED) is 0.311. The van der Waals surface area contributed by atoms with Crippen molar-refractivity contribution in [2.45, 2.75) is 25.9 Å². The highest BCUT2D eigenvalue weighted by atomic mass is 16.2. The number of hydrogen-bond acceptors (Lipinski definition) is 4. The zero-order chi connectivity index (χ0) is 22.9. The third-order valence-electron chi connectivity index (χ3n) is 4.69. The van der Waals surface area contributed by atoms with Gasteiger partial charge in [-0.15, -0.1) is 0 Å². The summed E-state index contributed by atoms with van der Waals surface area (Å²) in [6.07, 6.45) is 3.17. The van der Waals surface area contributed by atoms with Gasteiger partial charge < -0.3 is 21.7 Å². The van der Waals surface area contributed by atoms with Gasteiger partial charge >= 0.3 is 0 Å². The molecule has 1 atom stereocenters. The second-order valence-electron chi connectivity index (χ2n) is 7.68. The van der Waals surface area contributed by atoms with Gasteiger partial charge in [0.05, 0.1) is 11.4 Å². The Bertz CT molecular complexity index is 1080. The normalized spacial score (nSPS) is 11.8. The minimum absolute atomic E-state index is 0.0296. The van der Waals surface area contributed by atoms with Crippen molar-refractivity contribution in [2.24, 2.45) is 0 Å². The molecule has 0 bridgehead atoms. The van der Waals surface area contributed by atoms with E-state index in [1.54, 1.807) is 18.2 Å². The summed E-state index contributed by atoms with van der Waals surface area (Å²) in [5, 5.41) is 9.02. The zero-order valence-electron chi connectivity index (χ0n) is 18.2. The highest BCUT2D eigenvalue weighted by molar-refractivity contribution is 6.03. The minimum Gasteiger partial charge on any atom is -0.397 e. The van der Waals surface area contributed by atoms with Crippen LogP contribution < -0.4 is 21.7 Å². The van der Waals surface area contributed by atoms with Gasteiger partial charge in [0.15, 0.2) is 0 Å². The van der Waals surface area contributed by atoms with E-state index >= 15 is 0 Å². The van der Waals surface area contributed by atoms with Crippen molar-refractivity contribution < 1.29 is 9.59 Å². The van der Waals surface area contributed by atoms with Crippen LogP contribution in [0.1, 0.15) is 31.0 Å². The van der Waals surface area contributed by atoms with Gasteiger partial charge in [-0.25, -0.2) is 0 Å². The van der Waals surface area contributed by atoms with Crippen molar-refractivity contribution in [1.82, 2.24) is 5.32 Å². The Morgan fingerprint density at radius 2 is 1.53 bits per heavy atom. The van der Waals surface area contributed by atoms with E-state index < -0.39 is 6.04 Å². The van der Waals surface area contributed by atoms with Gasteiger partial charge in [0.2, 0.25) is 11.8 Å². The highest BCUT2D eigenvalue weighted by Crippen LogP contribution is 2.21. The molecule has 0 aromatic heterocycles. The van der Waals surface area contributed by atoms with Crippen LogP contribution in [0.25, 0.3) is 6.08 Å². The van der Waals surface area contributed by atoms with Crippen molar-refractivity contribution >= 4 is 35.0 Å². The molecule has 0 saturated heterocycles. The summed E-state index contributed by atoms with van der Waals surface area (Å²) in [6, 6.07) is 23.7. The van der Waals surface area contributed by atoms with Crippen LogP contribution in [0.4, 0.5) is 17.1 Å². The molecule has 164 valence electrons. The standard InChI is InChI=1S/C26H28N4O2/c1-18(2)28-26(32)25(29-21-8-4-3-5-9-21)20-15-12-19(13-16-20)14-17-24(31)30-23-11-7-6-10-22(23)27/h3-18,25,29H,27H2,1-2H3,(H,28,32)(H,30,31)/b17-14+. The van der Waals surface area contributed by atoms with E-state index in [1.807, 2.05) is 80.6 Å². The number of amides is 2. The van der Waals surface area contributed by atoms with Gasteiger partial charge in [-0.3, -0.25) is 9.59 Å². The van der Waals surface area contributed by atoms with Crippen LogP contribution in [0.15, 0.2) is 84.9 Å². The molecule has 32 heavy (non-hydrogen) atoms. The molecule has 6 heteroatoms. The molecule has 0 fully saturated rings. The number of para-hydroxylation sites is 3. The lowest BCUT2D eigenvalue weighted by molar-refractivity contribution is -0.122. The summed E-state index contributed by atoms with van der Waals surface area (Å²) in [6.45, 7) is 3.86. The molecule has 5 N–H and O–H groups in total. The summed E-state index contributed by atoms with van der Waals surface area (Å²) in [5.41, 5.74) is 9.46. The van der Waals surface area contributed by atoms with Crippen molar-refractivity contribution in [2.75, 3.05) is 16.4 Å². The molecule has 0 heterocycles. The van der Waals surface area contributed by atoms with E-state index in [-0.39, 0.29) is 17.9 Å². The van der Waals surface area contributed by atoms with E-state index in [1.165, 1.54) is 6.08 Å². The smallest absolute Gasteiger partial charge is 0.248 e. The first-order chi connectivity index (χ1) is 15.4. The Kier molecular flexibility index (Phi) is 7.65. The molecule has 0 saturated carbocycles. The largest absolute Gasteiger partial charge is 0.397 e. The Morgan fingerprint density at radius 1 is 0.875 bits per heavy atom. The van der Waals surface area contributed by atoms with Crippen molar-refractivity contribution in [3.05, 3.63) is 96.1 Å². The van der Waals surface area contributed by atoms with Crippen LogP contribution in [-0.2, 0) is 9.59 Å². The molecule has 0 aliphatic rings. The fourth-order valence-electron chi connectivity index (χ4n) is 3.13. The summed E-state index contributed by atoms with van der Waals surface area (Å²) in [5.74, 6) is -0.376. The third-order valence-corrected chi connectivity index (χ3v) is 4.69. The number of nitrogens with two attached hydrogens (primary N) is 1. The van der Waals surface area contributed by atoms with Gasteiger partial charge in [-0.2, -0.15) is 0 Å². The number of anilines is 3. The van der Waals surface area contributed by atoms with E-state index in [2.05, 4.69) is 16.0 Å². The van der Waals surface area contributed by atoms with Crippen LogP contribution in [0.3, 0.4) is 0 Å². The first kappa shape index (κ1) is 22.6. The van der Waals surface area contributed by atoms with Crippen LogP contribution in [0.2, 0.25) is 0 Å². The maximum Gasteiger partial charge on any atom is 0.248 e. The van der Waals surface area contributed by atoms with Gasteiger partial charge in [-0.1, -0.05) is 54.6 Å². The van der Waals surface area contributed by atoms with Crippen LogP contribution in [0, 0.1) is 0 Å². The summed E-state index contributed by atoms with van der Waals surface area (Å²) in [7, 11) is 0. The van der Waals surface area contributed by atoms with Gasteiger partial charge in [-0.05, 0) is 55.3 Å². The SMILES string of the molecule is CC(C)NC(=O)C(Nc1ccccc1)c1ccc(/C=C/C(=O)Nc2ccccc2N)cc1. The summed E-state index contributed by atoms with van der Waals surface area (Å²) >= 11 is 0. The predicted molar refractivity (Wildman–Crippen MR) is 131 cm³/mol. The molecule has 0 aliphatic heterocycles. The minimum atomic E-state index is -0.540. The molecule has 1 unspecified atom stereocenters. The predicted octanol–water partition coefficient (Wildman–Crippen LogP) is 4.60. The molecule has 6 nitrogen and oxygen atoms in total. The number of rotatable bonds is 8. The van der Waals surface area contributed by atoms with Crippen LogP contribution >= 0.6 is 0 Å². The second-order valence-corrected chi connectivity index (χ2v) is 7.68. The van der Waals surface area contributed by atoms with Gasteiger partial charge in [0, 0.05) is 17.8 Å². The van der Waals surface area contributed by atoms with E-state index in [9.17, 15) is 9.59 Å². The Hall–Kier alpha value is -4.06. The van der Waals surface area contributed by atoms with Gasteiger partial charge in [0.1, 0.15) is 6.04 Å². The first-order valence-corrected chi connectivity index (χ1v) is 10.5. The maximum atomic E-state index is 12.8. The van der Waals surface area contributed by atoms with Crippen molar-refractivity contribution in [3.8, 4) is 0 Å². The van der Waals surface area contributed by atoms with E-state index in [4.69, 9.17) is 5.73 Å². The molecular formula is C26H28N4O2. The molecule has 0 radical (unpaired) electrons. The fraction of sp³-hybridized carbons (Fsp3) is 0.154. The lowest BCUT2D eigenvalue weighted by Gasteiger charge is -2.21. The van der Waals surface area contributed by atoms with Gasteiger partial charge in [0.25, 0.3) is 0 Å². The molecule has 0 aliphatic carbocycles. The molecule has 3 aromatic carbocycles. The Morgan fingerprint density at radius 3 is 2.19 bits per heavy atom. The molecule has 3 rings (SSSR count). The average Bonchev–Trinajstić information content (AvgIpc) is 2.78. The number of carbonyl (C=O) groups is 2. The van der Waals surface area contributed by atoms with Crippen LogP contribution in [0.5, 0.6) is 0 Å². The topological polar surface area (TPSA) is 96.2 Å². The maximum absolute atomic E-state index is 12.8. The number of carbonyl (C=O) groups excluding carboxylic acids is 2. The molecule has 2 amide bonds. The molecular weight excluding hydrogens is 400 g/mol. The van der Waals surface area contributed by atoms with E-state index in [0.29, 0.717) is 11.4 Å². The number of nitrogens with one attached hydrogen (secondary N) is 3. The monoisotopic (exact) mass is 428 g/mol.